The summed E-state index contributed by atoms with van der Waals surface area (Å²) in [6.07, 6.45) is 0.918. The third-order valence-electron chi connectivity index (χ3n) is 6.96. The molecule has 1 unspecified atom stereocenters. The summed E-state index contributed by atoms with van der Waals surface area (Å²) in [6.45, 7) is 3.55. The highest BCUT2D eigenvalue weighted by molar-refractivity contribution is 7.89. The van der Waals surface area contributed by atoms with Crippen LogP contribution in [0.1, 0.15) is 43.7 Å². The minimum atomic E-state index is -3.93. The third-order valence-corrected chi connectivity index (χ3v) is 9.08. The topological polar surface area (TPSA) is 144 Å². The van der Waals surface area contributed by atoms with Crippen molar-refractivity contribution in [3.05, 3.63) is 53.2 Å². The van der Waals surface area contributed by atoms with Crippen LogP contribution in [0.25, 0.3) is 11.0 Å². The molecule has 2 N–H and O–H groups in total. The molecule has 0 saturated carbocycles. The van der Waals surface area contributed by atoms with E-state index in [2.05, 4.69) is 10.6 Å². The molecule has 226 valence electrons. The lowest BCUT2D eigenvalue weighted by Gasteiger charge is -2.23. The third kappa shape index (κ3) is 7.05. The molecular formula is C29H34ClN3O8S. The molecule has 13 heteroatoms. The fourth-order valence-electron chi connectivity index (χ4n) is 4.79. The van der Waals surface area contributed by atoms with Gasteiger partial charge >= 0.3 is 0 Å². The first kappa shape index (κ1) is 31.3. The van der Waals surface area contributed by atoms with Crippen LogP contribution in [-0.2, 0) is 19.6 Å². The smallest absolute Gasteiger partial charge is 0.287 e. The number of carbonyl (C=O) groups is 3. The van der Waals surface area contributed by atoms with E-state index in [9.17, 15) is 22.8 Å². The molecule has 0 aliphatic carbocycles. The van der Waals surface area contributed by atoms with Crippen LogP contribution >= 0.6 is 11.6 Å². The summed E-state index contributed by atoms with van der Waals surface area (Å²) in [7, 11) is -0.936. The highest BCUT2D eigenvalue weighted by Crippen LogP contribution is 2.33. The first-order chi connectivity index (χ1) is 19.9. The molecule has 11 nitrogen and oxygen atoms in total. The molecular weight excluding hydrogens is 586 g/mol. The molecule has 0 radical (unpaired) electrons. The largest absolute Gasteiger partial charge is 0.493 e. The molecule has 2 aromatic carbocycles. The fourth-order valence-corrected chi connectivity index (χ4v) is 6.36. The van der Waals surface area contributed by atoms with Gasteiger partial charge in [0, 0.05) is 23.0 Å². The molecule has 1 aliphatic heterocycles. The number of hydrogen-bond acceptors (Lipinski definition) is 8. The summed E-state index contributed by atoms with van der Waals surface area (Å²) >= 11 is 5.89. The van der Waals surface area contributed by atoms with Gasteiger partial charge in [-0.15, -0.1) is 0 Å². The van der Waals surface area contributed by atoms with E-state index in [0.29, 0.717) is 40.3 Å². The van der Waals surface area contributed by atoms with Gasteiger partial charge in [0.15, 0.2) is 23.0 Å². The number of rotatable bonds is 10. The van der Waals surface area contributed by atoms with Crippen molar-refractivity contribution in [2.24, 2.45) is 5.92 Å². The molecule has 2 atom stereocenters. The lowest BCUT2D eigenvalue weighted by Crippen LogP contribution is -2.52. The second-order valence-electron chi connectivity index (χ2n) is 10.5. The second-order valence-corrected chi connectivity index (χ2v) is 12.8. The van der Waals surface area contributed by atoms with Crippen LogP contribution in [-0.4, -0.2) is 69.7 Å². The van der Waals surface area contributed by atoms with E-state index in [1.165, 1.54) is 38.5 Å². The summed E-state index contributed by atoms with van der Waals surface area (Å²) in [6, 6.07) is 8.69. The number of Topliss-reactive ketones (excluding diaryl/α,β-unsaturated/α-hetero) is 1. The van der Waals surface area contributed by atoms with Crippen molar-refractivity contribution in [3.8, 4) is 11.5 Å². The van der Waals surface area contributed by atoms with Crippen LogP contribution in [0.5, 0.6) is 11.5 Å². The molecule has 42 heavy (non-hydrogen) atoms. The van der Waals surface area contributed by atoms with Crippen molar-refractivity contribution >= 4 is 50.2 Å². The van der Waals surface area contributed by atoms with Gasteiger partial charge in [-0.3, -0.25) is 14.4 Å². The molecule has 0 bridgehead atoms. The highest BCUT2D eigenvalue weighted by atomic mass is 35.5. The Bertz CT molecular complexity index is 1530. The van der Waals surface area contributed by atoms with Crippen molar-refractivity contribution in [2.45, 2.75) is 50.1 Å². The van der Waals surface area contributed by atoms with E-state index in [1.807, 2.05) is 13.8 Å². The number of nitrogens with one attached hydrogen (secondary N) is 2. The van der Waals surface area contributed by atoms with Crippen molar-refractivity contribution in [2.75, 3.05) is 27.3 Å². The molecule has 2 heterocycles. The average Bonchev–Trinajstić information content (AvgIpc) is 3.28. The summed E-state index contributed by atoms with van der Waals surface area (Å²) < 4.78 is 43.7. The Balaban J connectivity index is 1.46. The number of nitrogens with zero attached hydrogens (tertiary/aromatic N) is 1. The predicted octanol–water partition coefficient (Wildman–Crippen LogP) is 3.79. The number of halogens is 1. The van der Waals surface area contributed by atoms with E-state index < -0.39 is 39.7 Å². The number of ether oxygens (including phenoxy) is 2. The van der Waals surface area contributed by atoms with Gasteiger partial charge in [0.1, 0.15) is 11.6 Å². The quantitative estimate of drug-likeness (QED) is 0.349. The van der Waals surface area contributed by atoms with Crippen LogP contribution in [0.2, 0.25) is 5.02 Å². The number of sulfonamides is 1. The minimum Gasteiger partial charge on any atom is -0.493 e. The monoisotopic (exact) mass is 619 g/mol. The van der Waals surface area contributed by atoms with Crippen molar-refractivity contribution < 1.29 is 36.7 Å². The van der Waals surface area contributed by atoms with Crippen molar-refractivity contribution in [1.82, 2.24) is 14.9 Å². The van der Waals surface area contributed by atoms with E-state index in [4.69, 9.17) is 25.5 Å². The van der Waals surface area contributed by atoms with E-state index in [0.717, 1.165) is 4.31 Å². The summed E-state index contributed by atoms with van der Waals surface area (Å²) in [4.78, 5) is 39.7. The first-order valence-corrected chi connectivity index (χ1v) is 15.3. The standard InChI is InChI=1S/C29H34ClN3O8S/c1-17(2)12-22(32-29(36)27-14-18-13-25(39-3)26(40-4)15-24(18)41-27)28(35)31-21-6-5-11-33(16-23(21)34)42(37,38)20-9-7-19(30)8-10-20/h7-10,13-15,17,21-22H,5-6,11-12,16H2,1-4H3,(H,31,35)(H,32,36)/t21?,22-/m0/s1. The number of benzene rings is 2. The number of carbonyl (C=O) groups excluding carboxylic acids is 3. The Kier molecular flexibility index (Phi) is 9.80. The predicted molar refractivity (Wildman–Crippen MR) is 156 cm³/mol. The van der Waals surface area contributed by atoms with E-state index >= 15 is 0 Å². The maximum atomic E-state index is 13.4. The van der Waals surface area contributed by atoms with Gasteiger partial charge in [-0.1, -0.05) is 25.4 Å². The Labute approximate surface area is 249 Å². The average molecular weight is 620 g/mol. The van der Waals surface area contributed by atoms with E-state index in [1.54, 1.807) is 18.2 Å². The summed E-state index contributed by atoms with van der Waals surface area (Å²) in [5, 5.41) is 6.48. The zero-order valence-corrected chi connectivity index (χ0v) is 25.4. The zero-order valence-electron chi connectivity index (χ0n) is 23.8. The van der Waals surface area contributed by atoms with Crippen LogP contribution in [0.4, 0.5) is 0 Å². The molecule has 3 aromatic rings. The molecule has 4 rings (SSSR count). The van der Waals surface area contributed by atoms with Gasteiger partial charge < -0.3 is 24.5 Å². The molecule has 1 aliphatic rings. The van der Waals surface area contributed by atoms with Gasteiger partial charge in [-0.05, 0) is 61.6 Å². The van der Waals surface area contributed by atoms with Gasteiger partial charge in [-0.2, -0.15) is 4.31 Å². The van der Waals surface area contributed by atoms with Gasteiger partial charge in [0.25, 0.3) is 5.91 Å². The van der Waals surface area contributed by atoms with Crippen molar-refractivity contribution in [3.63, 3.8) is 0 Å². The minimum absolute atomic E-state index is 0.00421. The Morgan fingerprint density at radius 1 is 1.10 bits per heavy atom. The number of hydrogen-bond donors (Lipinski definition) is 2. The molecule has 1 saturated heterocycles. The number of methoxy groups -OCH3 is 2. The molecule has 0 spiro atoms. The summed E-state index contributed by atoms with van der Waals surface area (Å²) in [5.74, 6) is -0.627. The SMILES string of the molecule is COc1cc2cc(C(=O)N[C@@H](CC(C)C)C(=O)NC3CCCN(S(=O)(=O)c4ccc(Cl)cc4)CC3=O)oc2cc1OC. The van der Waals surface area contributed by atoms with Crippen LogP contribution in [0, 0.1) is 5.92 Å². The Morgan fingerprint density at radius 3 is 2.40 bits per heavy atom. The lowest BCUT2D eigenvalue weighted by molar-refractivity contribution is -0.129. The van der Waals surface area contributed by atoms with Crippen molar-refractivity contribution in [1.29, 1.82) is 0 Å². The Hall–Kier alpha value is -3.61. The normalized spacial score (nSPS) is 17.1. The van der Waals surface area contributed by atoms with Gasteiger partial charge in [0.2, 0.25) is 15.9 Å². The van der Waals surface area contributed by atoms with Gasteiger partial charge in [-0.25, -0.2) is 8.42 Å². The molecule has 2 amide bonds. The van der Waals surface area contributed by atoms with Crippen LogP contribution in [0.3, 0.4) is 0 Å². The number of amides is 2. The molecule has 1 fully saturated rings. The first-order valence-electron chi connectivity index (χ1n) is 13.5. The summed E-state index contributed by atoms with van der Waals surface area (Å²) in [5.41, 5.74) is 0.407. The van der Waals surface area contributed by atoms with Crippen LogP contribution < -0.4 is 20.1 Å². The second kappa shape index (κ2) is 13.1. The highest BCUT2D eigenvalue weighted by Gasteiger charge is 2.34. The maximum absolute atomic E-state index is 13.4. The maximum Gasteiger partial charge on any atom is 0.287 e. The van der Waals surface area contributed by atoms with E-state index in [-0.39, 0.29) is 36.1 Å². The zero-order chi connectivity index (χ0) is 30.6. The Morgan fingerprint density at radius 2 is 1.76 bits per heavy atom. The van der Waals surface area contributed by atoms with Crippen LogP contribution in [0.15, 0.2) is 51.8 Å². The number of furan rings is 1. The fraction of sp³-hybridized carbons (Fsp3) is 0.414. The number of fused-ring (bicyclic) bond motifs is 1. The van der Waals surface area contributed by atoms with Gasteiger partial charge in [0.05, 0.1) is 31.7 Å². The lowest BCUT2D eigenvalue weighted by atomic mass is 10.0. The number of ketones is 1. The molecule has 1 aromatic heterocycles.